The molecule has 1 N–H and O–H groups in total. The van der Waals surface area contributed by atoms with Crippen molar-refractivity contribution < 1.29 is 19.4 Å². The van der Waals surface area contributed by atoms with Crippen LogP contribution in [0.5, 0.6) is 0 Å². The maximum Gasteiger partial charge on any atom is 0.305 e. The average molecular weight is 318 g/mol. The second kappa shape index (κ2) is 7.06. The van der Waals surface area contributed by atoms with Crippen LogP contribution in [-0.4, -0.2) is 47.7 Å². The number of aliphatic carboxylic acids is 1. The van der Waals surface area contributed by atoms with Gasteiger partial charge in [0.25, 0.3) is 5.91 Å². The summed E-state index contributed by atoms with van der Waals surface area (Å²) in [6.45, 7) is 1.32. The third kappa shape index (κ3) is 4.19. The summed E-state index contributed by atoms with van der Waals surface area (Å²) in [5, 5.41) is 8.79. The molecule has 110 valence electrons. The second-order valence-electron chi connectivity index (χ2n) is 4.63. The molecule has 1 fully saturated rings. The van der Waals surface area contributed by atoms with Crippen molar-refractivity contribution in [1.29, 1.82) is 0 Å². The summed E-state index contributed by atoms with van der Waals surface area (Å²) in [5.41, 5.74) is 0. The zero-order valence-corrected chi connectivity index (χ0v) is 12.5. The van der Waals surface area contributed by atoms with Crippen molar-refractivity contribution in [2.24, 2.45) is 0 Å². The van der Waals surface area contributed by atoms with Crippen LogP contribution in [0.2, 0.25) is 4.34 Å². The smallest absolute Gasteiger partial charge is 0.305 e. The van der Waals surface area contributed by atoms with E-state index in [2.05, 4.69) is 0 Å². The zero-order chi connectivity index (χ0) is 14.5. The summed E-state index contributed by atoms with van der Waals surface area (Å²) in [6, 6.07) is 3.33. The molecular formula is C13H16ClNO4S. The lowest BCUT2D eigenvalue weighted by Gasteiger charge is -2.24. The summed E-state index contributed by atoms with van der Waals surface area (Å²) in [6.07, 6.45) is 1.82. The van der Waals surface area contributed by atoms with Gasteiger partial charge in [-0.25, -0.2) is 0 Å². The standard InChI is InChI=1S/C13H16ClNO4S/c14-11-4-3-10(20-11)13(18)15(6-5-12(16)17)8-9-2-1-7-19-9/h3-4,9H,1-2,5-8H2,(H,16,17). The molecule has 0 aromatic carbocycles. The van der Waals surface area contributed by atoms with Crippen LogP contribution >= 0.6 is 22.9 Å². The minimum absolute atomic E-state index is 0.00294. The monoisotopic (exact) mass is 317 g/mol. The van der Waals surface area contributed by atoms with Gasteiger partial charge in [0, 0.05) is 19.7 Å². The molecule has 0 spiro atoms. The molecular weight excluding hydrogens is 302 g/mol. The number of hydrogen-bond donors (Lipinski definition) is 1. The lowest BCUT2D eigenvalue weighted by molar-refractivity contribution is -0.137. The molecule has 1 aliphatic rings. The molecule has 20 heavy (non-hydrogen) atoms. The second-order valence-corrected chi connectivity index (χ2v) is 6.35. The number of thiophene rings is 1. The van der Waals surface area contributed by atoms with E-state index < -0.39 is 5.97 Å². The highest BCUT2D eigenvalue weighted by molar-refractivity contribution is 7.17. The lowest BCUT2D eigenvalue weighted by atomic mass is 10.2. The first-order valence-electron chi connectivity index (χ1n) is 6.44. The van der Waals surface area contributed by atoms with Crippen molar-refractivity contribution in [2.45, 2.75) is 25.4 Å². The Morgan fingerprint density at radius 1 is 1.50 bits per heavy atom. The topological polar surface area (TPSA) is 66.8 Å². The Bertz CT molecular complexity index is 484. The molecule has 5 nitrogen and oxygen atoms in total. The van der Waals surface area contributed by atoms with Gasteiger partial charge in [-0.3, -0.25) is 9.59 Å². The van der Waals surface area contributed by atoms with Gasteiger partial charge in [0.15, 0.2) is 0 Å². The van der Waals surface area contributed by atoms with Crippen LogP contribution in [0.25, 0.3) is 0 Å². The normalized spacial score (nSPS) is 18.1. The number of rotatable bonds is 6. The fourth-order valence-electron chi connectivity index (χ4n) is 2.13. The molecule has 7 heteroatoms. The van der Waals surface area contributed by atoms with Gasteiger partial charge in [-0.15, -0.1) is 11.3 Å². The largest absolute Gasteiger partial charge is 0.481 e. The van der Waals surface area contributed by atoms with Crippen LogP contribution in [-0.2, 0) is 9.53 Å². The Hall–Kier alpha value is -1.11. The van der Waals surface area contributed by atoms with Crippen LogP contribution < -0.4 is 0 Å². The maximum atomic E-state index is 12.4. The molecule has 0 bridgehead atoms. The summed E-state index contributed by atoms with van der Waals surface area (Å²) in [5.74, 6) is -1.10. The van der Waals surface area contributed by atoms with E-state index in [0.717, 1.165) is 12.8 Å². The summed E-state index contributed by atoms with van der Waals surface area (Å²) < 4.78 is 6.06. The number of carboxylic acid groups (broad SMARTS) is 1. The first-order valence-corrected chi connectivity index (χ1v) is 7.63. The SMILES string of the molecule is O=C(O)CCN(CC1CCCO1)C(=O)c1ccc(Cl)s1. The van der Waals surface area contributed by atoms with Crippen molar-refractivity contribution in [2.75, 3.05) is 19.7 Å². The molecule has 1 saturated heterocycles. The Kier molecular flexibility index (Phi) is 5.39. The number of nitrogens with zero attached hydrogens (tertiary/aromatic N) is 1. The van der Waals surface area contributed by atoms with E-state index in [1.54, 1.807) is 17.0 Å². The van der Waals surface area contributed by atoms with Crippen LogP contribution in [0, 0.1) is 0 Å². The van der Waals surface area contributed by atoms with Crippen molar-refractivity contribution in [3.8, 4) is 0 Å². The third-order valence-electron chi connectivity index (χ3n) is 3.11. The van der Waals surface area contributed by atoms with Gasteiger partial charge in [0.05, 0.1) is 21.7 Å². The molecule has 0 radical (unpaired) electrons. The number of hydrogen-bond acceptors (Lipinski definition) is 4. The first kappa shape index (κ1) is 15.3. The molecule has 2 rings (SSSR count). The number of halogens is 1. The molecule has 1 amide bonds. The number of carbonyl (C=O) groups excluding carboxylic acids is 1. The minimum Gasteiger partial charge on any atom is -0.481 e. The number of carbonyl (C=O) groups is 2. The van der Waals surface area contributed by atoms with Crippen LogP contribution in [0.3, 0.4) is 0 Å². The van der Waals surface area contributed by atoms with E-state index in [1.165, 1.54) is 11.3 Å². The zero-order valence-electron chi connectivity index (χ0n) is 10.9. The minimum atomic E-state index is -0.917. The maximum absolute atomic E-state index is 12.4. The summed E-state index contributed by atoms with van der Waals surface area (Å²) in [7, 11) is 0. The van der Waals surface area contributed by atoms with Gasteiger partial charge >= 0.3 is 5.97 Å². The molecule has 1 atom stereocenters. The molecule has 0 saturated carbocycles. The molecule has 2 heterocycles. The van der Waals surface area contributed by atoms with Gasteiger partial charge in [-0.1, -0.05) is 11.6 Å². The van der Waals surface area contributed by atoms with Gasteiger partial charge in [-0.2, -0.15) is 0 Å². The van der Waals surface area contributed by atoms with Gasteiger partial charge < -0.3 is 14.7 Å². The first-order chi connectivity index (χ1) is 9.56. The number of carboxylic acids is 1. The van der Waals surface area contributed by atoms with Crippen molar-refractivity contribution in [1.82, 2.24) is 4.90 Å². The van der Waals surface area contributed by atoms with E-state index in [9.17, 15) is 9.59 Å². The predicted octanol–water partition coefficient (Wildman–Crippen LogP) is 2.50. The van der Waals surface area contributed by atoms with E-state index >= 15 is 0 Å². The molecule has 1 aliphatic heterocycles. The number of amides is 1. The Morgan fingerprint density at radius 3 is 2.85 bits per heavy atom. The van der Waals surface area contributed by atoms with Gasteiger partial charge in [0.2, 0.25) is 0 Å². The molecule has 1 unspecified atom stereocenters. The summed E-state index contributed by atoms with van der Waals surface area (Å²) in [4.78, 5) is 25.2. The van der Waals surface area contributed by atoms with Crippen molar-refractivity contribution in [3.05, 3.63) is 21.3 Å². The Balaban J connectivity index is 2.03. The highest BCUT2D eigenvalue weighted by atomic mass is 35.5. The van der Waals surface area contributed by atoms with Crippen molar-refractivity contribution in [3.63, 3.8) is 0 Å². The van der Waals surface area contributed by atoms with E-state index in [0.29, 0.717) is 22.4 Å². The van der Waals surface area contributed by atoms with Gasteiger partial charge in [-0.05, 0) is 25.0 Å². The van der Waals surface area contributed by atoms with E-state index in [-0.39, 0.29) is 25.0 Å². The molecule has 1 aromatic heterocycles. The predicted molar refractivity (Wildman–Crippen MR) is 76.5 cm³/mol. The van der Waals surface area contributed by atoms with E-state index in [4.69, 9.17) is 21.4 Å². The Morgan fingerprint density at radius 2 is 2.30 bits per heavy atom. The fraction of sp³-hybridized carbons (Fsp3) is 0.538. The van der Waals surface area contributed by atoms with Crippen molar-refractivity contribution >= 4 is 34.8 Å². The average Bonchev–Trinajstić information content (AvgIpc) is 3.04. The van der Waals surface area contributed by atoms with E-state index in [1.807, 2.05) is 0 Å². The lowest BCUT2D eigenvalue weighted by Crippen LogP contribution is -2.38. The number of ether oxygens (including phenoxy) is 1. The molecule has 0 aliphatic carbocycles. The molecule has 1 aromatic rings. The Labute approximate surface area is 126 Å². The highest BCUT2D eigenvalue weighted by Gasteiger charge is 2.24. The highest BCUT2D eigenvalue weighted by Crippen LogP contribution is 2.23. The quantitative estimate of drug-likeness (QED) is 0.875. The van der Waals surface area contributed by atoms with Gasteiger partial charge in [0.1, 0.15) is 0 Å². The third-order valence-corrected chi connectivity index (χ3v) is 4.33. The van der Waals surface area contributed by atoms with Crippen LogP contribution in [0.15, 0.2) is 12.1 Å². The summed E-state index contributed by atoms with van der Waals surface area (Å²) >= 11 is 7.04. The fourth-order valence-corrected chi connectivity index (χ4v) is 3.14. The van der Waals surface area contributed by atoms with Crippen LogP contribution in [0.4, 0.5) is 0 Å². The van der Waals surface area contributed by atoms with Crippen LogP contribution in [0.1, 0.15) is 28.9 Å².